The SMILES string of the molecule is COc1ccc2c(c1)[nH]c1cc(Cl)c(F)cc12. The van der Waals surface area contributed by atoms with Crippen molar-refractivity contribution < 1.29 is 9.13 Å². The summed E-state index contributed by atoms with van der Waals surface area (Å²) in [5.41, 5.74) is 1.72. The van der Waals surface area contributed by atoms with E-state index >= 15 is 0 Å². The van der Waals surface area contributed by atoms with Crippen LogP contribution >= 0.6 is 11.6 Å². The van der Waals surface area contributed by atoms with Gasteiger partial charge in [0.1, 0.15) is 11.6 Å². The molecule has 0 saturated carbocycles. The zero-order chi connectivity index (χ0) is 12.0. The molecule has 4 heteroatoms. The van der Waals surface area contributed by atoms with Crippen molar-refractivity contribution >= 4 is 33.4 Å². The summed E-state index contributed by atoms with van der Waals surface area (Å²) < 4.78 is 18.6. The smallest absolute Gasteiger partial charge is 0.142 e. The highest BCUT2D eigenvalue weighted by Gasteiger charge is 2.09. The lowest BCUT2D eigenvalue weighted by Gasteiger charge is -1.98. The molecule has 0 aliphatic heterocycles. The normalized spacial score (nSPS) is 11.2. The van der Waals surface area contributed by atoms with Crippen LogP contribution in [0.4, 0.5) is 4.39 Å². The standard InChI is InChI=1S/C13H9ClFNO/c1-17-7-2-3-8-9-5-11(15)10(14)6-13(9)16-12(8)4-7/h2-6,16H,1H3. The maximum absolute atomic E-state index is 13.4. The van der Waals surface area contributed by atoms with Crippen LogP contribution in [0.15, 0.2) is 30.3 Å². The molecule has 0 atom stereocenters. The van der Waals surface area contributed by atoms with E-state index in [1.165, 1.54) is 6.07 Å². The van der Waals surface area contributed by atoms with Gasteiger partial charge in [-0.15, -0.1) is 0 Å². The van der Waals surface area contributed by atoms with Crippen molar-refractivity contribution in [2.45, 2.75) is 0 Å². The van der Waals surface area contributed by atoms with Crippen molar-refractivity contribution in [1.82, 2.24) is 4.98 Å². The molecule has 2 nitrogen and oxygen atoms in total. The molecular weight excluding hydrogens is 241 g/mol. The average Bonchev–Trinajstić information content (AvgIpc) is 2.66. The number of fused-ring (bicyclic) bond motifs is 3. The third-order valence-corrected chi connectivity index (χ3v) is 3.14. The van der Waals surface area contributed by atoms with E-state index in [1.807, 2.05) is 18.2 Å². The number of methoxy groups -OCH3 is 1. The monoisotopic (exact) mass is 249 g/mol. The predicted molar refractivity (Wildman–Crippen MR) is 67.3 cm³/mol. The molecule has 0 bridgehead atoms. The minimum Gasteiger partial charge on any atom is -0.497 e. The molecule has 0 spiro atoms. The number of ether oxygens (including phenoxy) is 1. The molecule has 3 aromatic rings. The Morgan fingerprint density at radius 1 is 1.12 bits per heavy atom. The van der Waals surface area contributed by atoms with Crippen molar-refractivity contribution in [2.75, 3.05) is 7.11 Å². The Kier molecular flexibility index (Phi) is 2.23. The first kappa shape index (κ1) is 10.4. The molecule has 1 heterocycles. The van der Waals surface area contributed by atoms with Gasteiger partial charge < -0.3 is 9.72 Å². The number of hydrogen-bond acceptors (Lipinski definition) is 1. The fraction of sp³-hybridized carbons (Fsp3) is 0.0769. The fourth-order valence-corrected chi connectivity index (χ4v) is 2.17. The third-order valence-electron chi connectivity index (χ3n) is 2.85. The highest BCUT2D eigenvalue weighted by atomic mass is 35.5. The second-order valence-corrected chi connectivity index (χ2v) is 4.26. The number of aromatic amines is 1. The Morgan fingerprint density at radius 3 is 2.65 bits per heavy atom. The molecule has 0 amide bonds. The Labute approximate surface area is 102 Å². The van der Waals surface area contributed by atoms with Crippen LogP contribution in [0.2, 0.25) is 5.02 Å². The Bertz CT molecular complexity index is 720. The van der Waals surface area contributed by atoms with E-state index in [-0.39, 0.29) is 5.02 Å². The van der Waals surface area contributed by atoms with Crippen LogP contribution in [0.25, 0.3) is 21.8 Å². The summed E-state index contributed by atoms with van der Waals surface area (Å²) in [6, 6.07) is 8.67. The quantitative estimate of drug-likeness (QED) is 0.689. The van der Waals surface area contributed by atoms with Crippen LogP contribution in [0.1, 0.15) is 0 Å². The first-order chi connectivity index (χ1) is 8.19. The van der Waals surface area contributed by atoms with E-state index in [4.69, 9.17) is 16.3 Å². The molecule has 0 radical (unpaired) electrons. The minimum atomic E-state index is -0.407. The van der Waals surface area contributed by atoms with Gasteiger partial charge in [0, 0.05) is 22.4 Å². The molecule has 0 aliphatic rings. The summed E-state index contributed by atoms with van der Waals surface area (Å²) in [6.45, 7) is 0. The van der Waals surface area contributed by atoms with Crippen LogP contribution in [-0.4, -0.2) is 12.1 Å². The predicted octanol–water partition coefficient (Wildman–Crippen LogP) is 4.12. The van der Waals surface area contributed by atoms with Gasteiger partial charge in [0.2, 0.25) is 0 Å². The third kappa shape index (κ3) is 1.54. The number of benzene rings is 2. The number of hydrogen-bond donors (Lipinski definition) is 1. The molecule has 3 rings (SSSR count). The number of H-pyrrole nitrogens is 1. The van der Waals surface area contributed by atoms with E-state index < -0.39 is 5.82 Å². The number of nitrogens with one attached hydrogen (secondary N) is 1. The summed E-state index contributed by atoms with van der Waals surface area (Å²) in [6.07, 6.45) is 0. The molecule has 0 unspecified atom stereocenters. The topological polar surface area (TPSA) is 25.0 Å². The zero-order valence-electron chi connectivity index (χ0n) is 9.05. The molecule has 17 heavy (non-hydrogen) atoms. The fourth-order valence-electron chi connectivity index (χ4n) is 2.01. The van der Waals surface area contributed by atoms with E-state index in [1.54, 1.807) is 13.2 Å². The molecule has 0 fully saturated rings. The van der Waals surface area contributed by atoms with Crippen molar-refractivity contribution in [3.8, 4) is 5.75 Å². The summed E-state index contributed by atoms with van der Waals surface area (Å²) in [4.78, 5) is 3.19. The van der Waals surface area contributed by atoms with Gasteiger partial charge in [0.25, 0.3) is 0 Å². The van der Waals surface area contributed by atoms with Crippen LogP contribution in [0, 0.1) is 5.82 Å². The van der Waals surface area contributed by atoms with Crippen molar-refractivity contribution in [3.05, 3.63) is 41.2 Å². The van der Waals surface area contributed by atoms with E-state index in [0.717, 1.165) is 27.6 Å². The second kappa shape index (κ2) is 3.64. The lowest BCUT2D eigenvalue weighted by Crippen LogP contribution is -1.80. The lowest BCUT2D eigenvalue weighted by molar-refractivity contribution is 0.415. The molecule has 0 saturated heterocycles. The lowest BCUT2D eigenvalue weighted by atomic mass is 10.1. The first-order valence-corrected chi connectivity index (χ1v) is 5.51. The van der Waals surface area contributed by atoms with Crippen LogP contribution in [0.5, 0.6) is 5.75 Å². The van der Waals surface area contributed by atoms with E-state index in [9.17, 15) is 4.39 Å². The second-order valence-electron chi connectivity index (χ2n) is 3.85. The summed E-state index contributed by atoms with van der Waals surface area (Å²) in [7, 11) is 1.61. The van der Waals surface area contributed by atoms with Gasteiger partial charge in [0.15, 0.2) is 0 Å². The van der Waals surface area contributed by atoms with Gasteiger partial charge in [-0.2, -0.15) is 0 Å². The highest BCUT2D eigenvalue weighted by molar-refractivity contribution is 6.31. The maximum Gasteiger partial charge on any atom is 0.142 e. The van der Waals surface area contributed by atoms with Gasteiger partial charge in [-0.25, -0.2) is 4.39 Å². The van der Waals surface area contributed by atoms with Crippen LogP contribution in [-0.2, 0) is 0 Å². The van der Waals surface area contributed by atoms with Gasteiger partial charge in [-0.1, -0.05) is 11.6 Å². The Balaban J connectivity index is 2.41. The van der Waals surface area contributed by atoms with Gasteiger partial charge in [-0.05, 0) is 24.3 Å². The molecule has 1 N–H and O–H groups in total. The molecule has 86 valence electrons. The van der Waals surface area contributed by atoms with Gasteiger partial charge in [0.05, 0.1) is 17.6 Å². The Morgan fingerprint density at radius 2 is 1.88 bits per heavy atom. The summed E-state index contributed by atoms with van der Waals surface area (Å²) in [5, 5.41) is 1.90. The van der Waals surface area contributed by atoms with Crippen molar-refractivity contribution in [3.63, 3.8) is 0 Å². The van der Waals surface area contributed by atoms with Crippen molar-refractivity contribution in [2.24, 2.45) is 0 Å². The largest absolute Gasteiger partial charge is 0.497 e. The number of rotatable bonds is 1. The molecular formula is C13H9ClFNO. The molecule has 1 aromatic heterocycles. The van der Waals surface area contributed by atoms with Gasteiger partial charge in [-0.3, -0.25) is 0 Å². The van der Waals surface area contributed by atoms with E-state index in [0.29, 0.717) is 0 Å². The number of halogens is 2. The molecule has 0 aliphatic carbocycles. The maximum atomic E-state index is 13.4. The number of aromatic nitrogens is 1. The Hall–Kier alpha value is -1.74. The summed E-state index contributed by atoms with van der Waals surface area (Å²) >= 11 is 5.75. The van der Waals surface area contributed by atoms with E-state index in [2.05, 4.69) is 4.98 Å². The first-order valence-electron chi connectivity index (χ1n) is 5.13. The highest BCUT2D eigenvalue weighted by Crippen LogP contribution is 2.31. The van der Waals surface area contributed by atoms with Crippen LogP contribution in [0.3, 0.4) is 0 Å². The van der Waals surface area contributed by atoms with Gasteiger partial charge >= 0.3 is 0 Å². The zero-order valence-corrected chi connectivity index (χ0v) is 9.81. The minimum absolute atomic E-state index is 0.121. The molecule has 2 aromatic carbocycles. The average molecular weight is 250 g/mol. The summed E-state index contributed by atoms with van der Waals surface area (Å²) in [5.74, 6) is 0.353. The van der Waals surface area contributed by atoms with Crippen LogP contribution < -0.4 is 4.74 Å². The van der Waals surface area contributed by atoms with Crippen molar-refractivity contribution in [1.29, 1.82) is 0 Å².